The number of anilines is 1. The van der Waals surface area contributed by atoms with Crippen molar-refractivity contribution in [2.45, 2.75) is 43.0 Å². The summed E-state index contributed by atoms with van der Waals surface area (Å²) in [7, 11) is 0. The third-order valence-electron chi connectivity index (χ3n) is 8.19. The van der Waals surface area contributed by atoms with Gasteiger partial charge in [-0.05, 0) is 91.3 Å². The van der Waals surface area contributed by atoms with Crippen molar-refractivity contribution >= 4 is 23.4 Å². The summed E-state index contributed by atoms with van der Waals surface area (Å²) in [4.78, 5) is 14.2. The molecule has 1 heterocycles. The average Bonchev–Trinajstić information content (AvgIpc) is 3.50. The number of carbonyl (C=O) groups excluding carboxylic acids is 1. The maximum absolute atomic E-state index is 13.0. The van der Waals surface area contributed by atoms with Crippen LogP contribution in [-0.4, -0.2) is 18.2 Å². The Kier molecular flexibility index (Phi) is 5.86. The zero-order valence-corrected chi connectivity index (χ0v) is 20.5. The van der Waals surface area contributed by atoms with E-state index in [1.54, 1.807) is 11.8 Å². The molecular weight excluding hydrogens is 436 g/mol. The van der Waals surface area contributed by atoms with Crippen molar-refractivity contribution in [3.05, 3.63) is 95.1 Å². The number of fused-ring (bicyclic) bond motifs is 7. The molecule has 6 rings (SSSR count). The van der Waals surface area contributed by atoms with Crippen LogP contribution in [0.15, 0.2) is 77.7 Å². The van der Waals surface area contributed by atoms with Gasteiger partial charge in [-0.1, -0.05) is 48.0 Å². The van der Waals surface area contributed by atoms with Crippen molar-refractivity contribution in [2.24, 2.45) is 17.8 Å². The van der Waals surface area contributed by atoms with Gasteiger partial charge in [0.2, 0.25) is 0 Å². The van der Waals surface area contributed by atoms with E-state index >= 15 is 0 Å². The van der Waals surface area contributed by atoms with E-state index in [0.29, 0.717) is 24.4 Å². The maximum Gasteiger partial charge on any atom is 0.251 e. The lowest BCUT2D eigenvalue weighted by atomic mass is 9.68. The predicted octanol–water partition coefficient (Wildman–Crippen LogP) is 6.81. The highest BCUT2D eigenvalue weighted by Crippen LogP contribution is 2.63. The highest BCUT2D eigenvalue weighted by Gasteiger charge is 2.53. The first-order chi connectivity index (χ1) is 16.7. The zero-order valence-electron chi connectivity index (χ0n) is 19.7. The summed E-state index contributed by atoms with van der Waals surface area (Å²) in [6.07, 6.45) is 4.02. The maximum atomic E-state index is 13.0. The van der Waals surface area contributed by atoms with Gasteiger partial charge in [0.25, 0.3) is 5.91 Å². The van der Waals surface area contributed by atoms with Crippen molar-refractivity contribution < 1.29 is 4.79 Å². The molecule has 3 aromatic carbocycles. The van der Waals surface area contributed by atoms with Crippen LogP contribution in [0.1, 0.15) is 58.3 Å². The lowest BCUT2D eigenvalue weighted by molar-refractivity contribution is 0.0956. The molecule has 34 heavy (non-hydrogen) atoms. The number of carbonyl (C=O) groups is 1. The molecule has 0 radical (unpaired) electrons. The van der Waals surface area contributed by atoms with Crippen LogP contribution in [0, 0.1) is 24.7 Å². The summed E-state index contributed by atoms with van der Waals surface area (Å²) in [6, 6.07) is 26.2. The van der Waals surface area contributed by atoms with E-state index < -0.39 is 0 Å². The van der Waals surface area contributed by atoms with Gasteiger partial charge < -0.3 is 10.6 Å². The van der Waals surface area contributed by atoms with Crippen LogP contribution < -0.4 is 10.6 Å². The van der Waals surface area contributed by atoms with Crippen LogP contribution in [0.25, 0.3) is 0 Å². The molecule has 3 aliphatic rings. The molecule has 2 aliphatic carbocycles. The summed E-state index contributed by atoms with van der Waals surface area (Å²) in [5.41, 5.74) is 6.04. The molecule has 0 aromatic heterocycles. The fourth-order valence-corrected chi connectivity index (χ4v) is 7.46. The van der Waals surface area contributed by atoms with E-state index in [2.05, 4.69) is 84.3 Å². The Morgan fingerprint density at radius 3 is 2.62 bits per heavy atom. The Morgan fingerprint density at radius 2 is 1.79 bits per heavy atom. The highest BCUT2D eigenvalue weighted by atomic mass is 32.2. The van der Waals surface area contributed by atoms with Crippen LogP contribution in [-0.2, 0) is 0 Å². The van der Waals surface area contributed by atoms with Crippen LogP contribution in [0.5, 0.6) is 0 Å². The predicted molar refractivity (Wildman–Crippen MR) is 141 cm³/mol. The lowest BCUT2D eigenvalue weighted by Crippen LogP contribution is -2.35. The second-order valence-electron chi connectivity index (χ2n) is 10.2. The highest BCUT2D eigenvalue weighted by molar-refractivity contribution is 7.99. The molecular formula is C30H32N2OS. The molecule has 2 N–H and O–H groups in total. The quantitative estimate of drug-likeness (QED) is 0.308. The van der Waals surface area contributed by atoms with Crippen molar-refractivity contribution in [2.75, 3.05) is 17.6 Å². The Bertz CT molecular complexity index is 1180. The van der Waals surface area contributed by atoms with E-state index in [0.717, 1.165) is 23.2 Å². The van der Waals surface area contributed by atoms with Gasteiger partial charge >= 0.3 is 0 Å². The first-order valence-corrected chi connectivity index (χ1v) is 13.6. The van der Waals surface area contributed by atoms with Crippen molar-refractivity contribution in [1.29, 1.82) is 0 Å². The Balaban J connectivity index is 1.17. The van der Waals surface area contributed by atoms with E-state index in [1.807, 2.05) is 6.07 Å². The van der Waals surface area contributed by atoms with E-state index in [4.69, 9.17) is 0 Å². The number of nitrogens with one attached hydrogen (secondary N) is 2. The molecule has 1 amide bonds. The van der Waals surface area contributed by atoms with Gasteiger partial charge in [-0.3, -0.25) is 4.79 Å². The van der Waals surface area contributed by atoms with Gasteiger partial charge in [-0.2, -0.15) is 0 Å². The monoisotopic (exact) mass is 468 g/mol. The summed E-state index contributed by atoms with van der Waals surface area (Å²) in [6.45, 7) is 2.77. The molecule has 3 nitrogen and oxygen atoms in total. The van der Waals surface area contributed by atoms with Crippen LogP contribution in [0.3, 0.4) is 0 Å². The number of thioether (sulfide) groups is 1. The third-order valence-corrected chi connectivity index (χ3v) is 9.20. The first-order valence-electron chi connectivity index (χ1n) is 12.6. The molecule has 5 atom stereocenters. The number of rotatable bonds is 6. The molecule has 4 heteroatoms. The molecule has 0 spiro atoms. The van der Waals surface area contributed by atoms with Gasteiger partial charge in [-0.15, -0.1) is 11.8 Å². The summed E-state index contributed by atoms with van der Waals surface area (Å²) < 4.78 is 0. The number of amides is 1. The van der Waals surface area contributed by atoms with E-state index in [1.165, 1.54) is 46.5 Å². The van der Waals surface area contributed by atoms with Crippen molar-refractivity contribution in [1.82, 2.24) is 5.32 Å². The van der Waals surface area contributed by atoms with Gasteiger partial charge in [0.05, 0.1) is 6.04 Å². The number of benzene rings is 3. The lowest BCUT2D eigenvalue weighted by Gasteiger charge is -2.43. The Labute approximate surface area is 206 Å². The fourth-order valence-electron chi connectivity index (χ4n) is 6.69. The topological polar surface area (TPSA) is 41.1 Å². The number of hydrogen-bond donors (Lipinski definition) is 2. The minimum Gasteiger partial charge on any atom is -0.378 e. The standard InChI is InChI=1S/C30H32N2OS/c1-19-7-12-24(13-8-19)34-16-15-31-30(33)23-11-14-26-25(18-23)27-21-9-10-22(17-21)28(27)29(32-26)20-5-3-2-4-6-20/h2-8,11-14,18,21-22,27-29,32H,9-10,15-17H2,1H3,(H,31,33)/t21-,22-,27-,28-,29-/m0/s1. The van der Waals surface area contributed by atoms with Gasteiger partial charge in [0, 0.05) is 28.4 Å². The SMILES string of the molecule is Cc1ccc(SCCNC(=O)c2ccc3c(c2)[C@@H]2[C@H]4CC[C@@H](C4)[C@@H]2[C@H](c2ccccc2)N3)cc1. The summed E-state index contributed by atoms with van der Waals surface area (Å²) in [5, 5.41) is 7.01. The second kappa shape index (κ2) is 9.14. The molecule has 174 valence electrons. The van der Waals surface area contributed by atoms with Crippen molar-refractivity contribution in [3.8, 4) is 0 Å². The first kappa shape index (κ1) is 21.8. The minimum atomic E-state index is 0.0391. The minimum absolute atomic E-state index is 0.0391. The molecule has 0 unspecified atom stereocenters. The zero-order chi connectivity index (χ0) is 23.1. The van der Waals surface area contributed by atoms with Crippen LogP contribution in [0.4, 0.5) is 5.69 Å². The molecule has 0 saturated heterocycles. The Hall–Kier alpha value is -2.72. The molecule has 2 bridgehead atoms. The molecule has 1 aliphatic heterocycles. The summed E-state index contributed by atoms with van der Waals surface area (Å²) >= 11 is 1.78. The van der Waals surface area contributed by atoms with Crippen molar-refractivity contribution in [3.63, 3.8) is 0 Å². The molecule has 3 aromatic rings. The molecule has 2 saturated carbocycles. The van der Waals surface area contributed by atoms with Gasteiger partial charge in [0.1, 0.15) is 0 Å². The largest absolute Gasteiger partial charge is 0.378 e. The van der Waals surface area contributed by atoms with Gasteiger partial charge in [0.15, 0.2) is 0 Å². The van der Waals surface area contributed by atoms with E-state index in [-0.39, 0.29) is 5.91 Å². The average molecular weight is 469 g/mol. The smallest absolute Gasteiger partial charge is 0.251 e. The third kappa shape index (κ3) is 4.02. The molecule has 2 fully saturated rings. The summed E-state index contributed by atoms with van der Waals surface area (Å²) in [5.74, 6) is 3.64. The number of aryl methyl sites for hydroxylation is 1. The second-order valence-corrected chi connectivity index (χ2v) is 11.4. The fraction of sp³-hybridized carbons (Fsp3) is 0.367. The Morgan fingerprint density at radius 1 is 1.00 bits per heavy atom. The normalized spacial score (nSPS) is 26.4. The van der Waals surface area contributed by atoms with Crippen LogP contribution in [0.2, 0.25) is 0 Å². The van der Waals surface area contributed by atoms with E-state index in [9.17, 15) is 4.79 Å². The van der Waals surface area contributed by atoms with Crippen LogP contribution >= 0.6 is 11.8 Å². The van der Waals surface area contributed by atoms with Gasteiger partial charge in [-0.25, -0.2) is 0 Å². The number of hydrogen-bond acceptors (Lipinski definition) is 3.